The SMILES string of the molecule is CC/C=C\C/C=C\C/C=C\CCCCCCCCCC(=O)OCC(COP(=O)(O)OCC(O)COP(=O)(O)OCC(COC(=O)CCCCCCC/C=C\C/C=C\C/C=C\CC)OC(=O)CCCCCCC/C=C\CCCCCCCC)OC(=O)CCCCCCC/C=C\CCCCCCCC. The molecule has 0 spiro atoms. The first-order chi connectivity index (χ1) is 49.7. The van der Waals surface area contributed by atoms with Gasteiger partial charge in [-0.05, 0) is 141 Å². The Morgan fingerprint density at radius 3 is 0.794 bits per heavy atom. The summed E-state index contributed by atoms with van der Waals surface area (Å²) >= 11 is 0. The molecule has 0 aliphatic rings. The van der Waals surface area contributed by atoms with Gasteiger partial charge in [0, 0.05) is 25.7 Å². The number of ether oxygens (including phenoxy) is 4. The van der Waals surface area contributed by atoms with Gasteiger partial charge in [-0.1, -0.05) is 279 Å². The number of carbonyl (C=O) groups is 4. The monoisotopic (exact) mass is 1480 g/mol. The van der Waals surface area contributed by atoms with Crippen LogP contribution < -0.4 is 0 Å². The molecule has 590 valence electrons. The molecule has 0 rings (SSSR count). The molecule has 0 fully saturated rings. The molecule has 3 N–H and O–H groups in total. The first kappa shape index (κ1) is 98.0. The zero-order valence-electron chi connectivity index (χ0n) is 64.5. The second-order valence-corrected chi connectivity index (χ2v) is 29.8. The smallest absolute Gasteiger partial charge is 0.462 e. The summed E-state index contributed by atoms with van der Waals surface area (Å²) < 4.78 is 68.6. The number of phosphoric acid groups is 2. The Kier molecular flexibility index (Phi) is 72.3. The van der Waals surface area contributed by atoms with Crippen LogP contribution in [0.5, 0.6) is 0 Å². The van der Waals surface area contributed by atoms with E-state index in [1.807, 2.05) is 0 Å². The van der Waals surface area contributed by atoms with Gasteiger partial charge in [0.2, 0.25) is 0 Å². The number of aliphatic hydroxyl groups excluding tert-OH is 1. The molecule has 17 nitrogen and oxygen atoms in total. The average molecular weight is 1480 g/mol. The average Bonchev–Trinajstić information content (AvgIpc) is 0.923. The van der Waals surface area contributed by atoms with E-state index in [1.54, 1.807) is 0 Å². The molecule has 0 amide bonds. The van der Waals surface area contributed by atoms with Crippen LogP contribution in [0.1, 0.15) is 349 Å². The molecule has 0 bridgehead atoms. The van der Waals surface area contributed by atoms with E-state index in [4.69, 9.17) is 37.0 Å². The Bertz CT molecular complexity index is 2310. The third-order valence-corrected chi connectivity index (χ3v) is 18.9. The number of aliphatic hydroxyl groups is 1. The summed E-state index contributed by atoms with van der Waals surface area (Å²) in [6, 6.07) is 0. The standard InChI is InChI=1S/C83H146O17P2/c1-5-9-13-17-21-25-29-33-37-38-42-44-48-52-56-60-64-68-81(86)94-74-79(100-83(88)70-66-62-58-54-50-46-41-36-32-28-24-20-16-12-8-4)76-98-102(91,92)96-72-77(84)71-95-101(89,90)97-75-78(99-82(87)69-65-61-57-53-49-45-40-35-31-27-23-19-15-11-7-3)73-93-80(85)67-63-59-55-51-47-43-39-34-30-26-22-18-14-10-6-2/h9-10,13-14,21-22,25-26,33-37,39-41,77-79,84H,5-8,11-12,15-20,23-24,27-32,38,42-76H2,1-4H3,(H,89,90)(H,91,92)/b13-9-,14-10-,25-21-,26-22-,37-33-,39-34-,40-35-,41-36-. The summed E-state index contributed by atoms with van der Waals surface area (Å²) in [5.74, 6) is -2.20. The molecular formula is C83H146O17P2. The number of carbonyl (C=O) groups excluding carboxylic acids is 4. The van der Waals surface area contributed by atoms with Crippen molar-refractivity contribution in [1.29, 1.82) is 0 Å². The van der Waals surface area contributed by atoms with Crippen molar-refractivity contribution < 1.29 is 80.2 Å². The molecule has 0 aromatic heterocycles. The van der Waals surface area contributed by atoms with E-state index in [0.717, 1.165) is 193 Å². The van der Waals surface area contributed by atoms with Gasteiger partial charge in [-0.25, -0.2) is 9.13 Å². The van der Waals surface area contributed by atoms with E-state index in [0.29, 0.717) is 25.7 Å². The lowest BCUT2D eigenvalue weighted by Crippen LogP contribution is -2.30. The van der Waals surface area contributed by atoms with Gasteiger partial charge in [0.15, 0.2) is 12.2 Å². The second kappa shape index (κ2) is 75.2. The fourth-order valence-electron chi connectivity index (χ4n) is 10.9. The normalized spacial score (nSPS) is 14.4. The molecule has 0 aromatic rings. The number of esters is 4. The lowest BCUT2D eigenvalue weighted by atomic mass is 10.1. The molecule has 0 saturated heterocycles. The van der Waals surface area contributed by atoms with Crippen LogP contribution in [0.25, 0.3) is 0 Å². The maximum atomic E-state index is 13.1. The summed E-state index contributed by atoms with van der Waals surface area (Å²) in [5, 5.41) is 10.6. The molecule has 0 aliphatic heterocycles. The second-order valence-electron chi connectivity index (χ2n) is 26.9. The number of phosphoric ester groups is 2. The zero-order chi connectivity index (χ0) is 74.6. The minimum Gasteiger partial charge on any atom is -0.462 e. The van der Waals surface area contributed by atoms with Crippen LogP contribution in [0.3, 0.4) is 0 Å². The number of hydrogen-bond acceptors (Lipinski definition) is 15. The minimum atomic E-state index is -4.98. The fraction of sp³-hybridized carbons (Fsp3) is 0.759. The minimum absolute atomic E-state index is 0.0818. The van der Waals surface area contributed by atoms with Crippen LogP contribution in [-0.4, -0.2) is 96.7 Å². The van der Waals surface area contributed by atoms with Crippen molar-refractivity contribution in [2.75, 3.05) is 39.6 Å². The van der Waals surface area contributed by atoms with Crippen molar-refractivity contribution in [3.63, 3.8) is 0 Å². The molecule has 5 atom stereocenters. The summed E-state index contributed by atoms with van der Waals surface area (Å²) in [6.07, 6.45) is 79.5. The van der Waals surface area contributed by atoms with Crippen molar-refractivity contribution >= 4 is 39.5 Å². The van der Waals surface area contributed by atoms with Crippen molar-refractivity contribution in [1.82, 2.24) is 0 Å². The molecule has 0 saturated carbocycles. The maximum Gasteiger partial charge on any atom is 0.472 e. The predicted molar refractivity (Wildman–Crippen MR) is 418 cm³/mol. The Morgan fingerprint density at radius 2 is 0.510 bits per heavy atom. The Labute approximate surface area is 620 Å². The molecule has 0 heterocycles. The molecule has 0 aliphatic carbocycles. The van der Waals surface area contributed by atoms with Crippen molar-refractivity contribution in [3.05, 3.63) is 97.2 Å². The topological polar surface area (TPSA) is 237 Å². The first-order valence-corrected chi connectivity index (χ1v) is 43.5. The number of rotatable bonds is 76. The first-order valence-electron chi connectivity index (χ1n) is 40.5. The van der Waals surface area contributed by atoms with Gasteiger partial charge in [-0.3, -0.25) is 37.3 Å². The van der Waals surface area contributed by atoms with Crippen LogP contribution in [0.2, 0.25) is 0 Å². The zero-order valence-corrected chi connectivity index (χ0v) is 66.3. The van der Waals surface area contributed by atoms with E-state index < -0.39 is 97.5 Å². The Hall–Kier alpha value is -4.02. The maximum absolute atomic E-state index is 13.1. The van der Waals surface area contributed by atoms with E-state index in [1.165, 1.54) is 77.0 Å². The van der Waals surface area contributed by atoms with E-state index >= 15 is 0 Å². The molecule has 5 unspecified atom stereocenters. The molecule has 102 heavy (non-hydrogen) atoms. The summed E-state index contributed by atoms with van der Waals surface area (Å²) in [7, 11) is -9.96. The van der Waals surface area contributed by atoms with Gasteiger partial charge < -0.3 is 33.8 Å². The quantitative estimate of drug-likeness (QED) is 0.0169. The van der Waals surface area contributed by atoms with Gasteiger partial charge in [0.05, 0.1) is 26.4 Å². The largest absolute Gasteiger partial charge is 0.472 e. The van der Waals surface area contributed by atoms with Crippen molar-refractivity contribution in [3.8, 4) is 0 Å². The molecule has 0 radical (unpaired) electrons. The van der Waals surface area contributed by atoms with Gasteiger partial charge in [-0.15, -0.1) is 0 Å². The summed E-state index contributed by atoms with van der Waals surface area (Å²) in [5.41, 5.74) is 0. The van der Waals surface area contributed by atoms with E-state index in [2.05, 4.69) is 125 Å². The third-order valence-electron chi connectivity index (χ3n) is 17.0. The van der Waals surface area contributed by atoms with Gasteiger partial charge >= 0.3 is 39.5 Å². The number of allylic oxidation sites excluding steroid dienone is 16. The van der Waals surface area contributed by atoms with Crippen molar-refractivity contribution in [2.45, 2.75) is 367 Å². The molecule has 0 aromatic carbocycles. The van der Waals surface area contributed by atoms with Crippen LogP contribution in [0.4, 0.5) is 0 Å². The fourth-order valence-corrected chi connectivity index (χ4v) is 12.5. The van der Waals surface area contributed by atoms with Gasteiger partial charge in [0.1, 0.15) is 19.3 Å². The molecule has 19 heteroatoms. The van der Waals surface area contributed by atoms with Crippen molar-refractivity contribution in [2.24, 2.45) is 0 Å². The van der Waals surface area contributed by atoms with Crippen LogP contribution >= 0.6 is 15.6 Å². The highest BCUT2D eigenvalue weighted by Gasteiger charge is 2.30. The lowest BCUT2D eigenvalue weighted by Gasteiger charge is -2.21. The highest BCUT2D eigenvalue weighted by atomic mass is 31.2. The van der Waals surface area contributed by atoms with Crippen LogP contribution in [-0.2, 0) is 65.4 Å². The third kappa shape index (κ3) is 74.3. The highest BCUT2D eigenvalue weighted by molar-refractivity contribution is 7.47. The number of unbranched alkanes of at least 4 members (excludes halogenated alkanes) is 34. The van der Waals surface area contributed by atoms with Gasteiger partial charge in [0.25, 0.3) is 0 Å². The number of hydrogen-bond donors (Lipinski definition) is 3. The summed E-state index contributed by atoms with van der Waals surface area (Å²) in [6.45, 7) is 4.64. The predicted octanol–water partition coefficient (Wildman–Crippen LogP) is 23.6. The van der Waals surface area contributed by atoms with E-state index in [9.17, 15) is 43.2 Å². The Balaban J connectivity index is 5.37. The van der Waals surface area contributed by atoms with Crippen LogP contribution in [0, 0.1) is 0 Å². The lowest BCUT2D eigenvalue weighted by molar-refractivity contribution is -0.161. The van der Waals surface area contributed by atoms with Gasteiger partial charge in [-0.2, -0.15) is 0 Å². The highest BCUT2D eigenvalue weighted by Crippen LogP contribution is 2.45. The Morgan fingerprint density at radius 1 is 0.284 bits per heavy atom. The van der Waals surface area contributed by atoms with Crippen LogP contribution in [0.15, 0.2) is 97.2 Å². The molecular weight excluding hydrogens is 1330 g/mol. The summed E-state index contributed by atoms with van der Waals surface area (Å²) in [4.78, 5) is 73.0. The van der Waals surface area contributed by atoms with E-state index in [-0.39, 0.29) is 25.7 Å².